The fraction of sp³-hybridized carbons (Fsp3) is 0.838. The van der Waals surface area contributed by atoms with E-state index < -0.39 is 167 Å². The molecule has 102 heavy (non-hydrogen) atoms. The van der Waals surface area contributed by atoms with E-state index in [9.17, 15) is 41.9 Å². The molecule has 4 heterocycles. The minimum atomic E-state index is -4.51. The Bertz CT molecular complexity index is 3030. The molecule has 13 atom stereocenters. The summed E-state index contributed by atoms with van der Waals surface area (Å²) < 4.78 is 42.1. The highest BCUT2D eigenvalue weighted by molar-refractivity contribution is 6.21. The number of nitrogens with zero attached hydrogens (tertiary/aromatic N) is 9. The van der Waals surface area contributed by atoms with Crippen LogP contribution in [0.25, 0.3) is 0 Å². The number of hydrogen-bond acceptors (Lipinski definition) is 12. The first kappa shape index (κ1) is 81.4. The molecule has 8 rings (SSSR count). The van der Waals surface area contributed by atoms with Gasteiger partial charge in [-0.2, -0.15) is 13.2 Å². The average Bonchev–Trinajstić information content (AvgIpc) is 1.38. The Morgan fingerprint density at radius 2 is 1.23 bits per heavy atom. The molecule has 28 heteroatoms. The van der Waals surface area contributed by atoms with Crippen LogP contribution in [-0.4, -0.2) is 261 Å². The molecule has 12 amide bonds. The molecule has 0 aromatic rings. The largest absolute Gasteiger partial charge is 0.393 e. The second kappa shape index (κ2) is 35.2. The molecule has 4 saturated heterocycles. The topological polar surface area (TPSA) is 270 Å². The van der Waals surface area contributed by atoms with Crippen LogP contribution in [0.4, 0.5) is 13.2 Å². The fourth-order valence-electron chi connectivity index (χ4n) is 17.5. The summed E-state index contributed by atoms with van der Waals surface area (Å²) in [4.78, 5) is 193. The van der Waals surface area contributed by atoms with E-state index in [4.69, 9.17) is 11.6 Å². The van der Waals surface area contributed by atoms with Gasteiger partial charge in [0.1, 0.15) is 59.9 Å². The molecule has 4 saturated carbocycles. The second-order valence-electron chi connectivity index (χ2n) is 32.1. The van der Waals surface area contributed by atoms with Crippen LogP contribution in [0, 0.1) is 41.4 Å². The third-order valence-electron chi connectivity index (χ3n) is 24.6. The Balaban J connectivity index is 1.17. The van der Waals surface area contributed by atoms with Crippen molar-refractivity contribution in [3.8, 4) is 0 Å². The van der Waals surface area contributed by atoms with E-state index in [2.05, 4.69) is 22.9 Å². The summed E-state index contributed by atoms with van der Waals surface area (Å²) in [6.45, 7) is 11.5. The van der Waals surface area contributed by atoms with Crippen molar-refractivity contribution in [2.24, 2.45) is 41.4 Å². The molecule has 0 aromatic carbocycles. The zero-order valence-corrected chi connectivity index (χ0v) is 63.4. The summed E-state index contributed by atoms with van der Waals surface area (Å²) in [5.41, 5.74) is -1.55. The van der Waals surface area contributed by atoms with Gasteiger partial charge in [0.15, 0.2) is 0 Å². The number of fused-ring (bicyclic) bond motifs is 2. The Labute approximate surface area is 607 Å². The quantitative estimate of drug-likeness (QED) is 0.188. The number of nitrogens with one attached hydrogen (secondary N) is 3. The summed E-state index contributed by atoms with van der Waals surface area (Å²) in [5.74, 6) is -9.81. The Hall–Kier alpha value is -6.28. The lowest BCUT2D eigenvalue weighted by Gasteiger charge is -2.45. The number of likely N-dealkylation sites (tertiary alicyclic amines) is 1. The van der Waals surface area contributed by atoms with E-state index in [1.165, 1.54) is 88.4 Å². The van der Waals surface area contributed by atoms with Crippen LogP contribution in [0.3, 0.4) is 0 Å². The first-order chi connectivity index (χ1) is 48.1. The van der Waals surface area contributed by atoms with Crippen LogP contribution < -0.4 is 16.0 Å². The molecule has 4 aliphatic carbocycles. The van der Waals surface area contributed by atoms with Crippen molar-refractivity contribution in [1.29, 1.82) is 0 Å². The lowest BCUT2D eigenvalue weighted by Crippen LogP contribution is -2.65. The zero-order valence-electron chi connectivity index (χ0n) is 62.7. The van der Waals surface area contributed by atoms with Gasteiger partial charge in [-0.3, -0.25) is 57.5 Å². The number of amides is 12. The van der Waals surface area contributed by atoms with Crippen molar-refractivity contribution in [3.63, 3.8) is 0 Å². The highest BCUT2D eigenvalue weighted by Gasteiger charge is 2.53. The molecule has 4 aliphatic heterocycles. The molecule has 3 unspecified atom stereocenters. The predicted molar refractivity (Wildman–Crippen MR) is 377 cm³/mol. The highest BCUT2D eigenvalue weighted by atomic mass is 35.5. The number of likely N-dealkylation sites (N-methyl/N-ethyl adjacent to an activating group) is 6. The standard InChI is InChI=1S/C74H118ClF3N12O12/c1-13-46(5)61-70(100)83(8)47(6)65(95)90-38-32-55(90)68(98)85(10)57(41-49-26-24-45(4)25-27-49)67(97)82(7)43-59(91)79-53(31-29-48-28-30-51(52(75)40-48)74(76,77)78)66(96)89-37-20-23-54(89)64(94)81-73(33-16-17-34-73)72(102)87(12)62(50-21-14-15-22-50)71(101)86(11)58(69(99)88-35-18-19-36-88)42-60(92)84(9)56(39-44(2)3)63(93)80-61/h44-58,61-62H,13-43H2,1-12H3,(H,79,91)(H,80,93)(H,81,94)/t45?,46-,47-,48?,49?,51?,52?,53-,54-,55-,56-,57-,58-,61-,62-/m0/s1. The van der Waals surface area contributed by atoms with Gasteiger partial charge in [0.25, 0.3) is 0 Å². The Morgan fingerprint density at radius 1 is 0.598 bits per heavy atom. The molecule has 0 aromatic heterocycles. The molecule has 3 N–H and O–H groups in total. The SMILES string of the molecule is CC[C@H](C)[C@@H]1NC(=O)[C@H](CC(C)C)N(C)C(=O)C[C@@H](C(=O)N2CCCC2)N(C)C(=O)[C@H](C2CCCC2)N(C)C(=O)C2(CCCC2)NC(=O)[C@@H]2CCCN2C(=O)[C@H](CCC2CCC(C(F)(F)F)C(Cl)C2)NC(=O)CN(C)C(=O)[C@H](CC2CCC(C)CC2)N(C)C(=O)[C@@H]2CCN2C(=O)[C@H](C)N(C)C1=O. The smallest absolute Gasteiger partial charge is 0.343 e. The van der Waals surface area contributed by atoms with Crippen LogP contribution in [-0.2, 0) is 57.5 Å². The molecule has 8 fully saturated rings. The molecule has 24 nitrogen and oxygen atoms in total. The molecule has 574 valence electrons. The first-order valence-corrected chi connectivity index (χ1v) is 38.6. The van der Waals surface area contributed by atoms with E-state index in [1.807, 2.05) is 20.8 Å². The van der Waals surface area contributed by atoms with E-state index in [0.717, 1.165) is 38.5 Å². The lowest BCUT2D eigenvalue weighted by atomic mass is 9.78. The number of alkyl halides is 4. The summed E-state index contributed by atoms with van der Waals surface area (Å²) in [6.07, 6.45) is 5.45. The van der Waals surface area contributed by atoms with Crippen molar-refractivity contribution in [1.82, 2.24) is 60.0 Å². The monoisotopic (exact) mass is 1460 g/mol. The van der Waals surface area contributed by atoms with Gasteiger partial charge in [-0.05, 0) is 145 Å². The van der Waals surface area contributed by atoms with Crippen LogP contribution in [0.1, 0.15) is 208 Å². The number of rotatable bonds is 11. The van der Waals surface area contributed by atoms with Crippen molar-refractivity contribution in [2.75, 3.05) is 75.0 Å². The van der Waals surface area contributed by atoms with Gasteiger partial charge in [0.2, 0.25) is 70.9 Å². The highest BCUT2D eigenvalue weighted by Crippen LogP contribution is 2.44. The Kier molecular flexibility index (Phi) is 28.1. The van der Waals surface area contributed by atoms with Crippen LogP contribution in [0.15, 0.2) is 0 Å². The van der Waals surface area contributed by atoms with Gasteiger partial charge in [-0.15, -0.1) is 11.6 Å². The summed E-state index contributed by atoms with van der Waals surface area (Å²) in [5, 5.41) is 7.70. The van der Waals surface area contributed by atoms with Gasteiger partial charge in [-0.25, -0.2) is 0 Å². The third kappa shape index (κ3) is 18.9. The van der Waals surface area contributed by atoms with Crippen molar-refractivity contribution < 1.29 is 70.7 Å². The second-order valence-corrected chi connectivity index (χ2v) is 32.7. The molecular weight excluding hydrogens is 1340 g/mol. The van der Waals surface area contributed by atoms with Crippen LogP contribution in [0.5, 0.6) is 0 Å². The first-order valence-electron chi connectivity index (χ1n) is 38.2. The van der Waals surface area contributed by atoms with Crippen molar-refractivity contribution in [3.05, 3.63) is 0 Å². The zero-order chi connectivity index (χ0) is 75.0. The van der Waals surface area contributed by atoms with Gasteiger partial charge >= 0.3 is 6.18 Å². The maximum absolute atomic E-state index is 15.7. The summed E-state index contributed by atoms with van der Waals surface area (Å²) in [7, 11) is 8.81. The number of halogens is 4. The minimum Gasteiger partial charge on any atom is -0.343 e. The molecular formula is C74H118ClF3N12O12. The molecule has 1 spiro atoms. The number of carbonyl (C=O) groups excluding carboxylic acids is 12. The molecule has 8 aliphatic rings. The van der Waals surface area contributed by atoms with E-state index >= 15 is 28.8 Å². The Morgan fingerprint density at radius 3 is 1.81 bits per heavy atom. The fourth-order valence-corrected chi connectivity index (χ4v) is 18.0. The van der Waals surface area contributed by atoms with E-state index in [0.29, 0.717) is 70.4 Å². The maximum atomic E-state index is 15.7. The minimum absolute atomic E-state index is 0.00387. The molecule has 0 radical (unpaired) electrons. The van der Waals surface area contributed by atoms with Gasteiger partial charge in [-0.1, -0.05) is 92.4 Å². The van der Waals surface area contributed by atoms with Crippen LogP contribution >= 0.6 is 11.6 Å². The van der Waals surface area contributed by atoms with Gasteiger partial charge < -0.3 is 60.0 Å². The predicted octanol–water partition coefficient (Wildman–Crippen LogP) is 6.48. The maximum Gasteiger partial charge on any atom is 0.393 e. The van der Waals surface area contributed by atoms with E-state index in [1.54, 1.807) is 11.8 Å². The normalized spacial score (nSPS) is 32.7. The van der Waals surface area contributed by atoms with Gasteiger partial charge in [0, 0.05) is 73.8 Å². The summed E-state index contributed by atoms with van der Waals surface area (Å²) in [6, 6.07) is -10.7. The van der Waals surface area contributed by atoms with Crippen molar-refractivity contribution >= 4 is 82.5 Å². The van der Waals surface area contributed by atoms with Crippen molar-refractivity contribution in [2.45, 2.75) is 280 Å². The third-order valence-corrected chi connectivity index (χ3v) is 25.1. The molecule has 0 bridgehead atoms. The van der Waals surface area contributed by atoms with Gasteiger partial charge in [0.05, 0.1) is 18.9 Å². The van der Waals surface area contributed by atoms with Crippen LogP contribution in [0.2, 0.25) is 0 Å². The lowest BCUT2D eigenvalue weighted by molar-refractivity contribution is -0.182. The average molecular weight is 1460 g/mol. The van der Waals surface area contributed by atoms with E-state index in [-0.39, 0.29) is 107 Å². The number of carbonyl (C=O) groups is 12. The summed E-state index contributed by atoms with van der Waals surface area (Å²) >= 11 is 6.42. The number of hydrogen-bond donors (Lipinski definition) is 3.